The maximum atomic E-state index is 12.4. The molecule has 0 saturated heterocycles. The lowest BCUT2D eigenvalue weighted by atomic mass is 10.1. The molecule has 0 radical (unpaired) electrons. The Morgan fingerprint density at radius 1 is 1.15 bits per heavy atom. The van der Waals surface area contributed by atoms with Crippen molar-refractivity contribution in [1.29, 1.82) is 0 Å². The number of carbonyl (C=O) groups is 1. The third-order valence-corrected chi connectivity index (χ3v) is 4.61. The smallest absolute Gasteiger partial charge is 0.240 e. The minimum absolute atomic E-state index is 0.0666. The standard InChI is InChI=1S/C21H21ClN2O2/c1-15(7-8-16-5-3-2-4-6-16)23-21(26)14-24-12-11-20(25)18-10-9-17(22)13-19(18)24/h2-6,9-13,15H,7-8,14H2,1H3,(H,23,26). The highest BCUT2D eigenvalue weighted by Gasteiger charge is 2.10. The molecule has 0 spiro atoms. The molecule has 3 aromatic rings. The number of amides is 1. The van der Waals surface area contributed by atoms with Gasteiger partial charge in [0.15, 0.2) is 5.43 Å². The SMILES string of the molecule is CC(CCc1ccccc1)NC(=O)Cn1ccc(=O)c2ccc(Cl)cc21. The number of pyridine rings is 1. The average molecular weight is 369 g/mol. The number of aromatic nitrogens is 1. The summed E-state index contributed by atoms with van der Waals surface area (Å²) in [6.45, 7) is 2.15. The second-order valence-electron chi connectivity index (χ2n) is 6.46. The van der Waals surface area contributed by atoms with Crippen LogP contribution >= 0.6 is 11.6 Å². The Morgan fingerprint density at radius 3 is 2.69 bits per heavy atom. The van der Waals surface area contributed by atoms with E-state index in [9.17, 15) is 9.59 Å². The summed E-state index contributed by atoms with van der Waals surface area (Å²) in [6, 6.07) is 16.8. The van der Waals surface area contributed by atoms with Crippen molar-refractivity contribution < 1.29 is 4.79 Å². The predicted octanol–water partition coefficient (Wildman–Crippen LogP) is 3.79. The fourth-order valence-corrected chi connectivity index (χ4v) is 3.16. The number of nitrogens with zero attached hydrogens (tertiary/aromatic N) is 1. The van der Waals surface area contributed by atoms with Crippen LogP contribution in [0.1, 0.15) is 18.9 Å². The third-order valence-electron chi connectivity index (χ3n) is 4.37. The number of fused-ring (bicyclic) bond motifs is 1. The van der Waals surface area contributed by atoms with Gasteiger partial charge in [-0.2, -0.15) is 0 Å². The van der Waals surface area contributed by atoms with Crippen LogP contribution in [0.15, 0.2) is 65.6 Å². The molecule has 1 aromatic heterocycles. The van der Waals surface area contributed by atoms with E-state index in [0.717, 1.165) is 12.8 Å². The zero-order valence-corrected chi connectivity index (χ0v) is 15.4. The number of benzene rings is 2. The van der Waals surface area contributed by atoms with Crippen LogP contribution in [-0.4, -0.2) is 16.5 Å². The molecule has 4 nitrogen and oxygen atoms in total. The highest BCUT2D eigenvalue weighted by Crippen LogP contribution is 2.16. The van der Waals surface area contributed by atoms with Crippen molar-refractivity contribution in [3.05, 3.63) is 81.6 Å². The van der Waals surface area contributed by atoms with Gasteiger partial charge in [0.05, 0.1) is 5.52 Å². The van der Waals surface area contributed by atoms with Crippen LogP contribution in [0, 0.1) is 0 Å². The molecule has 0 fully saturated rings. The molecule has 26 heavy (non-hydrogen) atoms. The Balaban J connectivity index is 1.65. The van der Waals surface area contributed by atoms with Gasteiger partial charge >= 0.3 is 0 Å². The van der Waals surface area contributed by atoms with E-state index < -0.39 is 0 Å². The maximum Gasteiger partial charge on any atom is 0.240 e. The van der Waals surface area contributed by atoms with Crippen LogP contribution in [0.2, 0.25) is 5.02 Å². The Hall–Kier alpha value is -2.59. The lowest BCUT2D eigenvalue weighted by molar-refractivity contribution is -0.122. The van der Waals surface area contributed by atoms with Crippen LogP contribution in [0.25, 0.3) is 10.9 Å². The van der Waals surface area contributed by atoms with E-state index in [0.29, 0.717) is 15.9 Å². The van der Waals surface area contributed by atoms with Gasteiger partial charge in [0.25, 0.3) is 0 Å². The van der Waals surface area contributed by atoms with Crippen LogP contribution < -0.4 is 10.7 Å². The number of hydrogen-bond donors (Lipinski definition) is 1. The van der Waals surface area contributed by atoms with E-state index in [2.05, 4.69) is 17.4 Å². The van der Waals surface area contributed by atoms with Gasteiger partial charge in [0.2, 0.25) is 5.91 Å². The van der Waals surface area contributed by atoms with Crippen molar-refractivity contribution >= 4 is 28.4 Å². The molecule has 0 saturated carbocycles. The third kappa shape index (κ3) is 4.52. The summed E-state index contributed by atoms with van der Waals surface area (Å²) in [5.41, 5.74) is 1.84. The Bertz CT molecular complexity index is 967. The first-order chi connectivity index (χ1) is 12.5. The van der Waals surface area contributed by atoms with E-state index >= 15 is 0 Å². The summed E-state index contributed by atoms with van der Waals surface area (Å²) >= 11 is 6.05. The second-order valence-corrected chi connectivity index (χ2v) is 6.90. The molecule has 3 rings (SSSR count). The molecule has 5 heteroatoms. The molecular formula is C21H21ClN2O2. The topological polar surface area (TPSA) is 51.1 Å². The summed E-state index contributed by atoms with van der Waals surface area (Å²) in [7, 11) is 0. The summed E-state index contributed by atoms with van der Waals surface area (Å²) in [5, 5.41) is 4.11. The van der Waals surface area contributed by atoms with Gasteiger partial charge in [-0.1, -0.05) is 41.9 Å². The van der Waals surface area contributed by atoms with Crippen molar-refractivity contribution in [1.82, 2.24) is 9.88 Å². The van der Waals surface area contributed by atoms with Gasteiger partial charge in [-0.15, -0.1) is 0 Å². The molecule has 1 heterocycles. The van der Waals surface area contributed by atoms with E-state index in [4.69, 9.17) is 11.6 Å². The Labute approximate surface area is 157 Å². The number of hydrogen-bond acceptors (Lipinski definition) is 2. The van der Waals surface area contributed by atoms with Crippen LogP contribution in [-0.2, 0) is 17.8 Å². The van der Waals surface area contributed by atoms with Gasteiger partial charge in [-0.05, 0) is 43.5 Å². The zero-order valence-electron chi connectivity index (χ0n) is 14.6. The fourth-order valence-electron chi connectivity index (χ4n) is 2.99. The van der Waals surface area contributed by atoms with Gasteiger partial charge in [0.1, 0.15) is 6.54 Å². The number of rotatable bonds is 6. The number of halogens is 1. The molecule has 0 aliphatic rings. The first-order valence-corrected chi connectivity index (χ1v) is 9.03. The molecule has 1 N–H and O–H groups in total. The highest BCUT2D eigenvalue weighted by molar-refractivity contribution is 6.31. The number of aryl methyl sites for hydroxylation is 1. The van der Waals surface area contributed by atoms with Gasteiger partial charge in [0, 0.05) is 28.7 Å². The van der Waals surface area contributed by atoms with Crippen molar-refractivity contribution in [2.45, 2.75) is 32.4 Å². The van der Waals surface area contributed by atoms with Gasteiger partial charge in [-0.3, -0.25) is 9.59 Å². The lowest BCUT2D eigenvalue weighted by Gasteiger charge is -2.16. The highest BCUT2D eigenvalue weighted by atomic mass is 35.5. The summed E-state index contributed by atoms with van der Waals surface area (Å²) in [5.74, 6) is -0.0875. The summed E-state index contributed by atoms with van der Waals surface area (Å²) in [4.78, 5) is 24.4. The largest absolute Gasteiger partial charge is 0.352 e. The van der Waals surface area contributed by atoms with Crippen molar-refractivity contribution in [2.75, 3.05) is 0 Å². The van der Waals surface area contributed by atoms with E-state index in [-0.39, 0.29) is 23.9 Å². The molecule has 1 unspecified atom stereocenters. The van der Waals surface area contributed by atoms with E-state index in [1.165, 1.54) is 11.6 Å². The van der Waals surface area contributed by atoms with Gasteiger partial charge in [-0.25, -0.2) is 0 Å². The maximum absolute atomic E-state index is 12.4. The Morgan fingerprint density at radius 2 is 1.92 bits per heavy atom. The number of carbonyl (C=O) groups excluding carboxylic acids is 1. The molecule has 1 atom stereocenters. The fraction of sp³-hybridized carbons (Fsp3) is 0.238. The predicted molar refractivity (Wildman–Crippen MR) is 106 cm³/mol. The van der Waals surface area contributed by atoms with Crippen LogP contribution in [0.5, 0.6) is 0 Å². The minimum atomic E-state index is -0.0875. The molecule has 0 aliphatic carbocycles. The summed E-state index contributed by atoms with van der Waals surface area (Å²) < 4.78 is 1.75. The Kier molecular flexibility index (Phi) is 5.74. The first-order valence-electron chi connectivity index (χ1n) is 8.65. The van der Waals surface area contributed by atoms with E-state index in [1.54, 1.807) is 29.0 Å². The molecule has 0 bridgehead atoms. The molecule has 134 valence electrons. The normalized spacial score (nSPS) is 12.1. The molecular weight excluding hydrogens is 348 g/mol. The van der Waals surface area contributed by atoms with Crippen LogP contribution in [0.3, 0.4) is 0 Å². The quantitative estimate of drug-likeness (QED) is 0.719. The summed E-state index contributed by atoms with van der Waals surface area (Å²) in [6.07, 6.45) is 3.42. The van der Waals surface area contributed by atoms with Crippen molar-refractivity contribution in [2.24, 2.45) is 0 Å². The van der Waals surface area contributed by atoms with E-state index in [1.807, 2.05) is 25.1 Å². The molecule has 2 aromatic carbocycles. The lowest BCUT2D eigenvalue weighted by Crippen LogP contribution is -2.35. The monoisotopic (exact) mass is 368 g/mol. The molecule has 0 aliphatic heterocycles. The average Bonchev–Trinajstić information content (AvgIpc) is 2.63. The number of nitrogens with one attached hydrogen (secondary N) is 1. The van der Waals surface area contributed by atoms with Crippen molar-refractivity contribution in [3.8, 4) is 0 Å². The molecule has 1 amide bonds. The first kappa shape index (κ1) is 18.2. The zero-order chi connectivity index (χ0) is 18.5. The van der Waals surface area contributed by atoms with Crippen LogP contribution in [0.4, 0.5) is 0 Å². The second kappa shape index (κ2) is 8.19. The van der Waals surface area contributed by atoms with Gasteiger partial charge < -0.3 is 9.88 Å². The minimum Gasteiger partial charge on any atom is -0.352 e. The van der Waals surface area contributed by atoms with Crippen molar-refractivity contribution in [3.63, 3.8) is 0 Å².